The first-order chi connectivity index (χ1) is 18.4. The van der Waals surface area contributed by atoms with Crippen LogP contribution in [0.1, 0.15) is 36.8 Å². The highest BCUT2D eigenvalue weighted by Gasteiger charge is 2.50. The van der Waals surface area contributed by atoms with Gasteiger partial charge in [-0.1, -0.05) is 36.4 Å². The highest BCUT2D eigenvalue weighted by Crippen LogP contribution is 2.50. The Morgan fingerprint density at radius 1 is 1.03 bits per heavy atom. The number of urea groups is 1. The summed E-state index contributed by atoms with van der Waals surface area (Å²) in [5.74, 6) is -0.517. The van der Waals surface area contributed by atoms with E-state index in [0.717, 1.165) is 49.9 Å². The van der Waals surface area contributed by atoms with Gasteiger partial charge in [0.05, 0.1) is 7.11 Å². The average molecular weight is 522 g/mol. The average Bonchev–Trinajstić information content (AvgIpc) is 3.27. The van der Waals surface area contributed by atoms with E-state index in [9.17, 15) is 13.6 Å². The smallest absolute Gasteiger partial charge is 0.319 e. The Hall–Kier alpha value is -3.65. The molecule has 1 heterocycles. The number of likely N-dealkylation sites (N-methyl/N-ethyl adjacent to an activating group) is 1. The topological polar surface area (TPSA) is 62.8 Å². The maximum atomic E-state index is 13.5. The summed E-state index contributed by atoms with van der Waals surface area (Å²) in [5, 5.41) is 5.64. The second kappa shape index (κ2) is 11.0. The number of methoxy groups -OCH3 is 1. The summed E-state index contributed by atoms with van der Waals surface area (Å²) in [6.07, 6.45) is 3.53. The fraction of sp³-hybridized carbons (Fsp3) is 0.367. The second-order valence-corrected chi connectivity index (χ2v) is 10.2. The van der Waals surface area contributed by atoms with E-state index in [1.54, 1.807) is 7.11 Å². The third kappa shape index (κ3) is 5.31. The van der Waals surface area contributed by atoms with E-state index in [-0.39, 0.29) is 23.2 Å². The molecule has 1 aliphatic heterocycles. The van der Waals surface area contributed by atoms with Gasteiger partial charge in [-0.2, -0.15) is 0 Å². The molecule has 2 aliphatic rings. The number of hydrogen-bond donors (Lipinski definition) is 2. The molecule has 2 N–H and O–H groups in total. The number of carbonyl (C=O) groups is 1. The van der Waals surface area contributed by atoms with Gasteiger partial charge in [0.1, 0.15) is 6.61 Å². The molecule has 3 atom stereocenters. The van der Waals surface area contributed by atoms with Gasteiger partial charge in [-0.15, -0.1) is 0 Å². The Morgan fingerprint density at radius 3 is 2.61 bits per heavy atom. The molecule has 200 valence electrons. The number of nitrogens with one attached hydrogen (secondary N) is 2. The molecular weight excluding hydrogens is 488 g/mol. The van der Waals surface area contributed by atoms with Crippen LogP contribution in [0.15, 0.2) is 66.7 Å². The molecule has 38 heavy (non-hydrogen) atoms. The Bertz CT molecular complexity index is 1290. The summed E-state index contributed by atoms with van der Waals surface area (Å²) in [5.41, 5.74) is 2.48. The predicted octanol–water partition coefficient (Wildman–Crippen LogP) is 5.87. The molecule has 0 spiro atoms. The van der Waals surface area contributed by atoms with Gasteiger partial charge in [0.25, 0.3) is 0 Å². The lowest BCUT2D eigenvalue weighted by Gasteiger charge is -2.45. The molecule has 0 radical (unpaired) electrons. The van der Waals surface area contributed by atoms with Gasteiger partial charge in [-0.3, -0.25) is 0 Å². The maximum Gasteiger partial charge on any atom is 0.319 e. The molecule has 5 rings (SSSR count). The van der Waals surface area contributed by atoms with Gasteiger partial charge in [0.2, 0.25) is 0 Å². The van der Waals surface area contributed by atoms with E-state index in [0.29, 0.717) is 18.1 Å². The molecule has 3 aromatic rings. The maximum absolute atomic E-state index is 13.5. The first-order valence-corrected chi connectivity index (χ1v) is 13.0. The zero-order valence-corrected chi connectivity index (χ0v) is 21.7. The molecule has 0 aromatic heterocycles. The van der Waals surface area contributed by atoms with E-state index >= 15 is 0 Å². The fourth-order valence-electron chi connectivity index (χ4n) is 6.01. The minimum Gasteiger partial charge on any atom is -0.493 e. The second-order valence-electron chi connectivity index (χ2n) is 10.2. The predicted molar refractivity (Wildman–Crippen MR) is 143 cm³/mol. The highest BCUT2D eigenvalue weighted by atomic mass is 19.2. The third-order valence-corrected chi connectivity index (χ3v) is 8.02. The third-order valence-electron chi connectivity index (χ3n) is 8.02. The summed E-state index contributed by atoms with van der Waals surface area (Å²) in [7, 11) is 3.79. The van der Waals surface area contributed by atoms with Crippen molar-refractivity contribution in [1.29, 1.82) is 0 Å². The molecule has 3 aromatic carbocycles. The van der Waals surface area contributed by atoms with Crippen LogP contribution in [-0.4, -0.2) is 43.7 Å². The van der Waals surface area contributed by atoms with Crippen molar-refractivity contribution in [2.24, 2.45) is 0 Å². The number of halogens is 2. The van der Waals surface area contributed by atoms with Crippen LogP contribution in [0.4, 0.5) is 19.3 Å². The molecule has 1 saturated carbocycles. The van der Waals surface area contributed by atoms with Crippen LogP contribution in [0.5, 0.6) is 11.5 Å². The standard InChI is InChI=1S/C30H33F2N3O3/c1-35-15-14-30(21-8-11-26(27(16-21)37-2)38-19-20-6-4-3-5-7-20)13-12-23(18-28(30)35)34-29(36)33-22-9-10-24(31)25(32)17-22/h3-11,16-17,23,28H,12-15,18-19H2,1-2H3,(H2,33,34,36). The van der Waals surface area contributed by atoms with Crippen molar-refractivity contribution in [3.05, 3.63) is 89.5 Å². The van der Waals surface area contributed by atoms with Crippen molar-refractivity contribution in [2.75, 3.05) is 26.0 Å². The quantitative estimate of drug-likeness (QED) is 0.408. The Morgan fingerprint density at radius 2 is 1.84 bits per heavy atom. The van der Waals surface area contributed by atoms with E-state index < -0.39 is 17.7 Å². The first kappa shape index (κ1) is 26.0. The molecule has 3 unspecified atom stereocenters. The van der Waals surface area contributed by atoms with Gasteiger partial charge in [-0.25, -0.2) is 13.6 Å². The zero-order valence-electron chi connectivity index (χ0n) is 21.7. The lowest BCUT2D eigenvalue weighted by Crippen LogP contribution is -2.52. The van der Waals surface area contributed by atoms with E-state index in [1.807, 2.05) is 36.4 Å². The van der Waals surface area contributed by atoms with Gasteiger partial charge >= 0.3 is 6.03 Å². The van der Waals surface area contributed by atoms with Crippen LogP contribution in [0, 0.1) is 11.6 Å². The van der Waals surface area contributed by atoms with Gasteiger partial charge < -0.3 is 25.0 Å². The number of anilines is 1. The number of fused-ring (bicyclic) bond motifs is 1. The Kier molecular flexibility index (Phi) is 7.51. The monoisotopic (exact) mass is 521 g/mol. The number of ether oxygens (including phenoxy) is 2. The Balaban J connectivity index is 1.27. The molecule has 1 aliphatic carbocycles. The number of benzene rings is 3. The van der Waals surface area contributed by atoms with Crippen LogP contribution in [0.2, 0.25) is 0 Å². The largest absolute Gasteiger partial charge is 0.493 e. The van der Waals surface area contributed by atoms with Crippen LogP contribution in [0.25, 0.3) is 0 Å². The minimum atomic E-state index is -0.996. The number of hydrogen-bond acceptors (Lipinski definition) is 4. The summed E-state index contributed by atoms with van der Waals surface area (Å²) in [4.78, 5) is 15.0. The van der Waals surface area contributed by atoms with Crippen LogP contribution < -0.4 is 20.1 Å². The van der Waals surface area contributed by atoms with E-state index in [2.05, 4.69) is 34.7 Å². The van der Waals surface area contributed by atoms with Crippen molar-refractivity contribution in [3.8, 4) is 11.5 Å². The summed E-state index contributed by atoms with van der Waals surface area (Å²) < 4.78 is 38.5. The van der Waals surface area contributed by atoms with Gasteiger partial charge in [-0.05, 0) is 74.7 Å². The zero-order chi connectivity index (χ0) is 26.7. The molecule has 2 amide bonds. The summed E-state index contributed by atoms with van der Waals surface area (Å²) >= 11 is 0. The van der Waals surface area contributed by atoms with Gasteiger partial charge in [0, 0.05) is 29.3 Å². The van der Waals surface area contributed by atoms with E-state index in [1.165, 1.54) is 11.6 Å². The van der Waals surface area contributed by atoms with Crippen LogP contribution in [-0.2, 0) is 12.0 Å². The summed E-state index contributed by atoms with van der Waals surface area (Å²) in [6.45, 7) is 1.43. The van der Waals surface area contributed by atoms with Crippen molar-refractivity contribution >= 4 is 11.7 Å². The van der Waals surface area contributed by atoms with Crippen molar-refractivity contribution in [3.63, 3.8) is 0 Å². The fourth-order valence-corrected chi connectivity index (χ4v) is 6.01. The molecule has 0 bridgehead atoms. The SMILES string of the molecule is COc1cc(C23CCC(NC(=O)Nc4ccc(F)c(F)c4)CC2N(C)CC3)ccc1OCc1ccccc1. The number of amides is 2. The van der Waals surface area contributed by atoms with Crippen LogP contribution in [0.3, 0.4) is 0 Å². The molecule has 8 heteroatoms. The van der Waals surface area contributed by atoms with Gasteiger partial charge in [0.15, 0.2) is 23.1 Å². The number of rotatable bonds is 7. The lowest BCUT2D eigenvalue weighted by atomic mass is 9.65. The first-order valence-electron chi connectivity index (χ1n) is 13.0. The molecule has 2 fully saturated rings. The minimum absolute atomic E-state index is 0.0330. The molecule has 6 nitrogen and oxygen atoms in total. The number of carbonyl (C=O) groups excluding carboxylic acids is 1. The molecular formula is C30H33F2N3O3. The van der Waals surface area contributed by atoms with E-state index in [4.69, 9.17) is 9.47 Å². The highest BCUT2D eigenvalue weighted by molar-refractivity contribution is 5.89. The number of likely N-dealkylation sites (tertiary alicyclic amines) is 1. The lowest BCUT2D eigenvalue weighted by molar-refractivity contribution is 0.156. The van der Waals surface area contributed by atoms with Crippen molar-refractivity contribution in [2.45, 2.75) is 49.8 Å². The summed E-state index contributed by atoms with van der Waals surface area (Å²) in [6, 6.07) is 19.4. The normalized spacial score (nSPS) is 22.9. The number of nitrogens with zero attached hydrogens (tertiary/aromatic N) is 1. The Labute approximate surface area is 221 Å². The van der Waals surface area contributed by atoms with Crippen LogP contribution >= 0.6 is 0 Å². The van der Waals surface area contributed by atoms with Crippen molar-refractivity contribution < 1.29 is 23.0 Å². The van der Waals surface area contributed by atoms with Crippen molar-refractivity contribution in [1.82, 2.24) is 10.2 Å². The molecule has 1 saturated heterocycles.